The lowest BCUT2D eigenvalue weighted by Gasteiger charge is -2.42. The van der Waals surface area contributed by atoms with Crippen LogP contribution < -0.4 is 0 Å². The van der Waals surface area contributed by atoms with E-state index in [0.717, 1.165) is 5.92 Å². The smallest absolute Gasteiger partial charge is 0.00710 e. The van der Waals surface area contributed by atoms with Crippen molar-refractivity contribution in [3.63, 3.8) is 0 Å². The minimum atomic E-state index is 0.542. The van der Waals surface area contributed by atoms with Crippen LogP contribution in [0.1, 0.15) is 34.1 Å². The van der Waals surface area contributed by atoms with Crippen LogP contribution in [0.4, 0.5) is 0 Å². The van der Waals surface area contributed by atoms with Crippen molar-refractivity contribution in [2.45, 2.75) is 34.1 Å². The lowest BCUT2D eigenvalue weighted by atomic mass is 9.70. The zero-order valence-corrected chi connectivity index (χ0v) is 12.1. The van der Waals surface area contributed by atoms with Crippen LogP contribution in [0.5, 0.6) is 0 Å². The van der Waals surface area contributed by atoms with Crippen LogP contribution in [0.2, 0.25) is 0 Å². The molecule has 0 nitrogen and oxygen atoms in total. The van der Waals surface area contributed by atoms with Gasteiger partial charge in [-0.05, 0) is 34.3 Å². The van der Waals surface area contributed by atoms with Gasteiger partial charge in [0.05, 0.1) is 0 Å². The van der Waals surface area contributed by atoms with E-state index >= 15 is 0 Å². The third-order valence-electron chi connectivity index (χ3n) is 5.10. The van der Waals surface area contributed by atoms with E-state index in [4.69, 9.17) is 0 Å². The Morgan fingerprint density at radius 2 is 1.93 bits per heavy atom. The number of hydrogen-bond acceptors (Lipinski definition) is 1. The summed E-state index contributed by atoms with van der Waals surface area (Å²) < 4.78 is 0. The molecule has 0 N–H and O–H groups in total. The Morgan fingerprint density at radius 1 is 1.29 bits per heavy atom. The molecule has 2 unspecified atom stereocenters. The fourth-order valence-corrected chi connectivity index (χ4v) is 7.35. The second kappa shape index (κ2) is 3.16. The van der Waals surface area contributed by atoms with Crippen molar-refractivity contribution in [2.24, 2.45) is 22.2 Å². The summed E-state index contributed by atoms with van der Waals surface area (Å²) in [5.41, 5.74) is 1.69. The zero-order valence-electron chi connectivity index (χ0n) is 9.69. The molecule has 2 rings (SSSR count). The summed E-state index contributed by atoms with van der Waals surface area (Å²) in [6.07, 6.45) is 1.39. The van der Waals surface area contributed by atoms with Crippen LogP contribution in [-0.4, -0.2) is 16.8 Å². The topological polar surface area (TPSA) is 0 Å². The highest BCUT2D eigenvalue weighted by atomic mass is 79.9. The molecule has 1 spiro atoms. The standard InChI is InChI=1S/C12H21BrS/c1-10(2)5-6-14-8-12(10)9(7-13)11(12,3)4/h9H,5-8H2,1-4H3. The van der Waals surface area contributed by atoms with Crippen molar-refractivity contribution in [1.29, 1.82) is 0 Å². The fourth-order valence-electron chi connectivity index (χ4n) is 3.90. The van der Waals surface area contributed by atoms with Gasteiger partial charge in [-0.25, -0.2) is 0 Å². The van der Waals surface area contributed by atoms with Crippen molar-refractivity contribution in [3.8, 4) is 0 Å². The van der Waals surface area contributed by atoms with Crippen LogP contribution >= 0.6 is 27.7 Å². The van der Waals surface area contributed by atoms with E-state index in [2.05, 4.69) is 55.4 Å². The van der Waals surface area contributed by atoms with Crippen LogP contribution in [0.3, 0.4) is 0 Å². The van der Waals surface area contributed by atoms with Gasteiger partial charge in [0, 0.05) is 11.1 Å². The molecule has 2 fully saturated rings. The first kappa shape index (κ1) is 11.3. The van der Waals surface area contributed by atoms with Crippen LogP contribution in [0.25, 0.3) is 0 Å². The van der Waals surface area contributed by atoms with Crippen molar-refractivity contribution in [3.05, 3.63) is 0 Å². The molecule has 14 heavy (non-hydrogen) atoms. The Labute approximate surface area is 101 Å². The number of hydrogen-bond donors (Lipinski definition) is 0. The maximum atomic E-state index is 3.70. The highest BCUT2D eigenvalue weighted by molar-refractivity contribution is 9.09. The zero-order chi connectivity index (χ0) is 10.6. The molecule has 1 aliphatic heterocycles. The molecule has 0 aromatic carbocycles. The normalized spacial score (nSPS) is 43.9. The molecule has 1 saturated carbocycles. The maximum Gasteiger partial charge on any atom is 0.00710 e. The lowest BCUT2D eigenvalue weighted by molar-refractivity contribution is 0.148. The summed E-state index contributed by atoms with van der Waals surface area (Å²) in [6.45, 7) is 9.90. The van der Waals surface area contributed by atoms with E-state index in [1.807, 2.05) is 0 Å². The monoisotopic (exact) mass is 276 g/mol. The Morgan fingerprint density at radius 3 is 2.36 bits per heavy atom. The second-order valence-corrected chi connectivity index (χ2v) is 7.84. The Balaban J connectivity index is 2.32. The summed E-state index contributed by atoms with van der Waals surface area (Å²) in [6, 6.07) is 0. The van der Waals surface area contributed by atoms with Gasteiger partial charge in [-0.1, -0.05) is 43.6 Å². The van der Waals surface area contributed by atoms with Crippen LogP contribution in [-0.2, 0) is 0 Å². The van der Waals surface area contributed by atoms with Gasteiger partial charge >= 0.3 is 0 Å². The summed E-state index contributed by atoms with van der Waals surface area (Å²) >= 11 is 5.87. The predicted molar refractivity (Wildman–Crippen MR) is 69.2 cm³/mol. The molecule has 0 radical (unpaired) electrons. The van der Waals surface area contributed by atoms with Gasteiger partial charge in [0.15, 0.2) is 0 Å². The summed E-state index contributed by atoms with van der Waals surface area (Å²) in [7, 11) is 0. The number of thioether (sulfide) groups is 1. The predicted octanol–water partition coefficient (Wildman–Crippen LogP) is 4.19. The first-order valence-corrected chi connectivity index (χ1v) is 7.81. The third kappa shape index (κ3) is 1.13. The van der Waals surface area contributed by atoms with Crippen LogP contribution in [0.15, 0.2) is 0 Å². The number of halogens is 1. The molecule has 0 aromatic heterocycles. The van der Waals surface area contributed by atoms with E-state index < -0.39 is 0 Å². The van der Waals surface area contributed by atoms with Crippen molar-refractivity contribution < 1.29 is 0 Å². The highest BCUT2D eigenvalue weighted by Crippen LogP contribution is 2.79. The van der Waals surface area contributed by atoms with Gasteiger partial charge in [0.1, 0.15) is 0 Å². The average molecular weight is 277 g/mol. The molecule has 0 aromatic rings. The van der Waals surface area contributed by atoms with E-state index in [1.165, 1.54) is 23.3 Å². The molecule has 2 aliphatic rings. The maximum absolute atomic E-state index is 3.70. The van der Waals surface area contributed by atoms with E-state index in [1.54, 1.807) is 0 Å². The SMILES string of the molecule is CC1(C)CCSCC12C(CBr)C2(C)C. The first-order valence-electron chi connectivity index (χ1n) is 5.54. The van der Waals surface area contributed by atoms with Gasteiger partial charge in [-0.15, -0.1) is 0 Å². The Kier molecular flexibility index (Phi) is 2.56. The highest BCUT2D eigenvalue weighted by Gasteiger charge is 2.75. The van der Waals surface area contributed by atoms with Crippen molar-refractivity contribution in [1.82, 2.24) is 0 Å². The number of rotatable bonds is 1. The van der Waals surface area contributed by atoms with Gasteiger partial charge in [0.25, 0.3) is 0 Å². The molecule has 2 atom stereocenters. The molecule has 1 saturated heterocycles. The first-order chi connectivity index (χ1) is 6.40. The van der Waals surface area contributed by atoms with Gasteiger partial charge in [-0.2, -0.15) is 11.8 Å². The molecule has 0 amide bonds. The Hall–Kier alpha value is 0.830. The third-order valence-corrected chi connectivity index (χ3v) is 6.90. The van der Waals surface area contributed by atoms with Crippen LogP contribution in [0, 0.1) is 22.2 Å². The molecular formula is C12H21BrS. The molecule has 1 heterocycles. The van der Waals surface area contributed by atoms with E-state index in [0.29, 0.717) is 16.2 Å². The summed E-state index contributed by atoms with van der Waals surface area (Å²) in [4.78, 5) is 0. The quantitative estimate of drug-likeness (QED) is 0.648. The molecule has 1 aliphatic carbocycles. The van der Waals surface area contributed by atoms with Gasteiger partial charge < -0.3 is 0 Å². The largest absolute Gasteiger partial charge is 0.161 e. The molecule has 0 bridgehead atoms. The average Bonchev–Trinajstić information content (AvgIpc) is 2.55. The summed E-state index contributed by atoms with van der Waals surface area (Å²) in [5.74, 6) is 3.63. The second-order valence-electron chi connectivity index (χ2n) is 6.09. The minimum absolute atomic E-state index is 0.542. The molecule has 2 heteroatoms. The molecular weight excluding hydrogens is 256 g/mol. The summed E-state index contributed by atoms with van der Waals surface area (Å²) in [5, 5.41) is 1.18. The number of alkyl halides is 1. The Bertz CT molecular complexity index is 247. The van der Waals surface area contributed by atoms with Gasteiger partial charge in [0.2, 0.25) is 0 Å². The fraction of sp³-hybridized carbons (Fsp3) is 1.00. The molecule has 82 valence electrons. The van der Waals surface area contributed by atoms with E-state index in [9.17, 15) is 0 Å². The van der Waals surface area contributed by atoms with E-state index in [-0.39, 0.29) is 0 Å². The lowest BCUT2D eigenvalue weighted by Crippen LogP contribution is -2.37. The van der Waals surface area contributed by atoms with Crippen molar-refractivity contribution in [2.75, 3.05) is 16.8 Å². The van der Waals surface area contributed by atoms with Crippen molar-refractivity contribution >= 4 is 27.7 Å². The minimum Gasteiger partial charge on any atom is -0.161 e. The van der Waals surface area contributed by atoms with Gasteiger partial charge in [-0.3, -0.25) is 0 Å².